The summed E-state index contributed by atoms with van der Waals surface area (Å²) in [5.41, 5.74) is 7.69. The second-order valence-corrected chi connectivity index (χ2v) is 11.4. The number of allylic oxidation sites excluding steroid dienone is 4. The summed E-state index contributed by atoms with van der Waals surface area (Å²) in [6.07, 6.45) is 0. The molecule has 5 aromatic carbocycles. The van der Waals surface area contributed by atoms with Gasteiger partial charge >= 0.3 is 0 Å². The molecule has 0 fully saturated rings. The van der Waals surface area contributed by atoms with Crippen LogP contribution in [0.3, 0.4) is 0 Å². The van der Waals surface area contributed by atoms with Crippen molar-refractivity contribution in [1.29, 1.82) is 0 Å². The molecule has 0 saturated heterocycles. The minimum absolute atomic E-state index is 0.188. The Hall–Kier alpha value is -4.50. The lowest BCUT2D eigenvalue weighted by molar-refractivity contribution is 0.979. The highest BCUT2D eigenvalue weighted by molar-refractivity contribution is 6.62. The summed E-state index contributed by atoms with van der Waals surface area (Å²) in [6, 6.07) is 32.1. The van der Waals surface area contributed by atoms with Crippen LogP contribution in [0.1, 0.15) is 11.4 Å². The molecule has 1 unspecified atom stereocenters. The van der Waals surface area contributed by atoms with Crippen molar-refractivity contribution in [3.8, 4) is 5.69 Å². The molecule has 8 rings (SSSR count). The lowest BCUT2D eigenvalue weighted by Gasteiger charge is -2.32. The van der Waals surface area contributed by atoms with E-state index >= 15 is 0 Å². The third kappa shape index (κ3) is 3.89. The predicted octanol–water partition coefficient (Wildman–Crippen LogP) is 0.367. The molecule has 6 aromatic rings. The number of hydrogen-bond acceptors (Lipinski definition) is 1. The van der Waals surface area contributed by atoms with Gasteiger partial charge in [0.05, 0.1) is 11.0 Å². The Bertz CT molecular complexity index is 2450. The first kappa shape index (κ1) is 28.0. The van der Waals surface area contributed by atoms with Gasteiger partial charge in [0.15, 0.2) is 0 Å². The van der Waals surface area contributed by atoms with Gasteiger partial charge in [0, 0.05) is 17.2 Å². The van der Waals surface area contributed by atoms with Crippen LogP contribution >= 0.6 is 0 Å². The highest BCUT2D eigenvalue weighted by atomic mass is 15.1. The molecule has 45 heavy (non-hydrogen) atoms. The minimum atomic E-state index is -0.563. The van der Waals surface area contributed by atoms with Crippen molar-refractivity contribution >= 4 is 110 Å². The van der Waals surface area contributed by atoms with Crippen molar-refractivity contribution in [3.63, 3.8) is 0 Å². The number of rotatable bonds is 3. The normalized spacial score (nSPS) is 16.1. The lowest BCUT2D eigenvalue weighted by Crippen LogP contribution is -2.66. The predicted molar refractivity (Wildman–Crippen MR) is 192 cm³/mol. The zero-order chi connectivity index (χ0) is 31.1. The van der Waals surface area contributed by atoms with Crippen LogP contribution in [0.25, 0.3) is 38.6 Å². The molecule has 0 spiro atoms. The smallest absolute Gasteiger partial charge is 0.146 e. The number of hydrogen-bond donors (Lipinski definition) is 0. The number of aromatic nitrogens is 2. The number of benzene rings is 5. The molecule has 2 aliphatic carbocycles. The summed E-state index contributed by atoms with van der Waals surface area (Å²) < 4.78 is 2.08. The SMILES string of the molecule is [B]C1=C([B])C2C(=C1[B])C(c1nc3ccccc3n1-c1ccccc1)=c1c([B])c([B])c([B])c([B])c1=C2c1cccc2ccccc12. The number of imidazole rings is 1. The van der Waals surface area contributed by atoms with Crippen LogP contribution in [0.2, 0.25) is 0 Å². The van der Waals surface area contributed by atoms with Crippen molar-refractivity contribution in [3.05, 3.63) is 141 Å². The molecule has 1 atom stereocenters. The molecule has 14 radical (unpaired) electrons. The molecular formula is C36H17B7N2. The molecule has 2 aliphatic rings. The molecule has 0 aliphatic heterocycles. The molecule has 2 nitrogen and oxygen atoms in total. The summed E-state index contributed by atoms with van der Waals surface area (Å²) in [7, 11) is 47.6. The van der Waals surface area contributed by atoms with Crippen LogP contribution in [-0.4, -0.2) is 64.5 Å². The summed E-state index contributed by atoms with van der Waals surface area (Å²) in [6.45, 7) is 0. The molecule has 9 heteroatoms. The Morgan fingerprint density at radius 2 is 1.20 bits per heavy atom. The van der Waals surface area contributed by atoms with Crippen molar-refractivity contribution in [2.24, 2.45) is 5.92 Å². The van der Waals surface area contributed by atoms with Crippen LogP contribution in [0, 0.1) is 5.92 Å². The molecule has 0 N–H and O–H groups in total. The van der Waals surface area contributed by atoms with E-state index in [2.05, 4.69) is 22.8 Å². The Balaban J connectivity index is 1.68. The van der Waals surface area contributed by atoms with Gasteiger partial charge in [-0.25, -0.2) is 4.98 Å². The fourth-order valence-electron chi connectivity index (χ4n) is 7.01. The van der Waals surface area contributed by atoms with Crippen LogP contribution in [0.4, 0.5) is 0 Å². The molecular weight excluding hydrogens is 536 g/mol. The molecule has 1 aromatic heterocycles. The average Bonchev–Trinajstić information content (AvgIpc) is 3.56. The van der Waals surface area contributed by atoms with E-state index in [1.165, 1.54) is 0 Å². The zero-order valence-corrected chi connectivity index (χ0v) is 24.3. The van der Waals surface area contributed by atoms with Gasteiger partial charge in [0.2, 0.25) is 0 Å². The standard InChI is InChI=1S/C36H17B7N2/c37-29-24-23(20-14-8-10-17-9-4-5-13-19(17)20)25-27(32(40)35(43)34(42)30(25)38)28(26(24)31(39)33(29)41)36-44-21-15-6-7-16-22(21)45(36)18-11-2-1-3-12-18/h1-16,24H. The third-order valence-electron chi connectivity index (χ3n) is 9.11. The van der Waals surface area contributed by atoms with Gasteiger partial charge < -0.3 is 0 Å². The van der Waals surface area contributed by atoms with Crippen LogP contribution in [-0.2, 0) is 0 Å². The highest BCUT2D eigenvalue weighted by Gasteiger charge is 2.38. The highest BCUT2D eigenvalue weighted by Crippen LogP contribution is 2.48. The largest absolute Gasteiger partial charge is 0.292 e. The van der Waals surface area contributed by atoms with Crippen molar-refractivity contribution < 1.29 is 0 Å². The first-order valence-corrected chi connectivity index (χ1v) is 14.6. The summed E-state index contributed by atoms with van der Waals surface area (Å²) in [5, 5.41) is 3.28. The van der Waals surface area contributed by atoms with Gasteiger partial charge in [-0.1, -0.05) is 89.2 Å². The second kappa shape index (κ2) is 10.3. The minimum Gasteiger partial charge on any atom is -0.292 e. The lowest BCUT2D eigenvalue weighted by atomic mass is 9.60. The zero-order valence-electron chi connectivity index (χ0n) is 24.3. The fraction of sp³-hybridized carbons (Fsp3) is 0.0278. The van der Waals surface area contributed by atoms with E-state index in [9.17, 15) is 0 Å². The summed E-state index contributed by atoms with van der Waals surface area (Å²) in [5.74, 6) is 0.0356. The summed E-state index contributed by atoms with van der Waals surface area (Å²) >= 11 is 0. The van der Waals surface area contributed by atoms with E-state index in [0.29, 0.717) is 49.3 Å². The van der Waals surface area contributed by atoms with E-state index in [4.69, 9.17) is 59.9 Å². The maximum absolute atomic E-state index is 6.96. The number of nitrogens with zero attached hydrogens (tertiary/aromatic N) is 2. The maximum Gasteiger partial charge on any atom is 0.146 e. The van der Waals surface area contributed by atoms with Crippen molar-refractivity contribution in [1.82, 2.24) is 9.55 Å². The van der Waals surface area contributed by atoms with E-state index in [0.717, 1.165) is 38.6 Å². The molecule has 0 saturated carbocycles. The van der Waals surface area contributed by atoms with Gasteiger partial charge in [-0.2, -0.15) is 0 Å². The number of fused-ring (bicyclic) bond motifs is 4. The molecule has 192 valence electrons. The quantitative estimate of drug-likeness (QED) is 0.290. The van der Waals surface area contributed by atoms with E-state index in [1.807, 2.05) is 78.9 Å². The first-order valence-electron chi connectivity index (χ1n) is 14.6. The Kier molecular flexibility index (Phi) is 6.39. The van der Waals surface area contributed by atoms with Crippen molar-refractivity contribution in [2.45, 2.75) is 0 Å². The molecule has 1 heterocycles. The second-order valence-electron chi connectivity index (χ2n) is 11.4. The third-order valence-corrected chi connectivity index (χ3v) is 9.11. The van der Waals surface area contributed by atoms with Gasteiger partial charge in [-0.15, -0.1) is 21.9 Å². The van der Waals surface area contributed by atoms with Gasteiger partial charge in [0.25, 0.3) is 0 Å². The average molecular weight is 553 g/mol. The summed E-state index contributed by atoms with van der Waals surface area (Å²) in [4.78, 5) is 5.19. The Morgan fingerprint density at radius 1 is 0.556 bits per heavy atom. The van der Waals surface area contributed by atoms with Gasteiger partial charge in [-0.05, 0) is 62.2 Å². The first-order chi connectivity index (χ1) is 21.8. The van der Waals surface area contributed by atoms with Crippen molar-refractivity contribution in [2.75, 3.05) is 0 Å². The Morgan fingerprint density at radius 3 is 1.98 bits per heavy atom. The topological polar surface area (TPSA) is 17.8 Å². The van der Waals surface area contributed by atoms with E-state index in [1.54, 1.807) is 0 Å². The van der Waals surface area contributed by atoms with Gasteiger partial charge in [0.1, 0.15) is 60.7 Å². The Labute approximate surface area is 270 Å². The van der Waals surface area contributed by atoms with E-state index < -0.39 is 5.92 Å². The molecule has 0 bridgehead atoms. The fourth-order valence-corrected chi connectivity index (χ4v) is 7.01. The van der Waals surface area contributed by atoms with Crippen LogP contribution in [0.5, 0.6) is 0 Å². The monoisotopic (exact) mass is 554 g/mol. The van der Waals surface area contributed by atoms with E-state index in [-0.39, 0.29) is 16.4 Å². The van der Waals surface area contributed by atoms with Gasteiger partial charge in [-0.3, -0.25) is 4.57 Å². The maximum atomic E-state index is 6.96. The van der Waals surface area contributed by atoms with Crippen LogP contribution < -0.4 is 32.3 Å². The molecule has 0 amide bonds. The van der Waals surface area contributed by atoms with Crippen LogP contribution in [0.15, 0.2) is 119 Å². The number of para-hydroxylation sites is 3.